The lowest BCUT2D eigenvalue weighted by atomic mass is 10.1. The van der Waals surface area contributed by atoms with E-state index in [4.69, 9.17) is 4.98 Å². The van der Waals surface area contributed by atoms with Gasteiger partial charge in [0.15, 0.2) is 0 Å². The molecular formula is C19H21N5O. The molecule has 0 aliphatic carbocycles. The van der Waals surface area contributed by atoms with Gasteiger partial charge in [0.25, 0.3) is 5.56 Å². The van der Waals surface area contributed by atoms with Crippen LogP contribution in [0.15, 0.2) is 41.5 Å². The summed E-state index contributed by atoms with van der Waals surface area (Å²) in [6.45, 7) is 3.69. The zero-order valence-electron chi connectivity index (χ0n) is 14.5. The lowest BCUT2D eigenvalue weighted by molar-refractivity contribution is 0.231. The summed E-state index contributed by atoms with van der Waals surface area (Å²) in [4.78, 5) is 28.7. The SMILES string of the molecule is Cc1nccnc1CN1CCCC1c1nc2ccccc2c(=O)n1C. The number of para-hydroxylation sites is 1. The summed E-state index contributed by atoms with van der Waals surface area (Å²) in [5.74, 6) is 0.836. The Labute approximate surface area is 146 Å². The Bertz CT molecular complexity index is 981. The maximum atomic E-state index is 12.7. The molecule has 128 valence electrons. The summed E-state index contributed by atoms with van der Waals surface area (Å²) in [6, 6.07) is 7.68. The van der Waals surface area contributed by atoms with Crippen LogP contribution in [0.3, 0.4) is 0 Å². The van der Waals surface area contributed by atoms with Crippen molar-refractivity contribution >= 4 is 10.9 Å². The van der Waals surface area contributed by atoms with Gasteiger partial charge in [-0.3, -0.25) is 24.2 Å². The van der Waals surface area contributed by atoms with Crippen LogP contribution in [0.4, 0.5) is 0 Å². The number of aromatic nitrogens is 4. The van der Waals surface area contributed by atoms with Gasteiger partial charge in [-0.25, -0.2) is 4.98 Å². The first-order valence-corrected chi connectivity index (χ1v) is 8.61. The second-order valence-corrected chi connectivity index (χ2v) is 6.57. The van der Waals surface area contributed by atoms with E-state index in [0.29, 0.717) is 5.39 Å². The molecule has 3 heterocycles. The largest absolute Gasteiger partial charge is 0.298 e. The molecule has 1 fully saturated rings. The maximum Gasteiger partial charge on any atom is 0.261 e. The summed E-state index contributed by atoms with van der Waals surface area (Å²) in [5.41, 5.74) is 2.72. The maximum absolute atomic E-state index is 12.7. The van der Waals surface area contributed by atoms with E-state index in [2.05, 4.69) is 14.9 Å². The zero-order chi connectivity index (χ0) is 17.4. The van der Waals surface area contributed by atoms with E-state index in [9.17, 15) is 4.79 Å². The quantitative estimate of drug-likeness (QED) is 0.735. The van der Waals surface area contributed by atoms with Gasteiger partial charge in [0.05, 0.1) is 28.3 Å². The van der Waals surface area contributed by atoms with Crippen molar-refractivity contribution in [3.05, 3.63) is 64.2 Å². The predicted octanol–water partition coefficient (Wildman–Crippen LogP) is 2.37. The van der Waals surface area contributed by atoms with Crippen molar-refractivity contribution in [3.8, 4) is 0 Å². The lowest BCUT2D eigenvalue weighted by Crippen LogP contribution is -2.31. The van der Waals surface area contributed by atoms with Crippen LogP contribution in [0.25, 0.3) is 10.9 Å². The first-order valence-electron chi connectivity index (χ1n) is 8.61. The van der Waals surface area contributed by atoms with Gasteiger partial charge in [-0.05, 0) is 38.4 Å². The molecule has 1 aliphatic heterocycles. The Morgan fingerprint density at radius 1 is 1.20 bits per heavy atom. The number of hydrogen-bond acceptors (Lipinski definition) is 5. The number of benzene rings is 1. The fourth-order valence-corrected chi connectivity index (χ4v) is 3.62. The Balaban J connectivity index is 1.73. The molecule has 0 radical (unpaired) electrons. The van der Waals surface area contributed by atoms with Crippen molar-refractivity contribution in [1.82, 2.24) is 24.4 Å². The predicted molar refractivity (Wildman–Crippen MR) is 96.1 cm³/mol. The molecule has 1 aliphatic rings. The van der Waals surface area contributed by atoms with Crippen molar-refractivity contribution in [2.75, 3.05) is 6.54 Å². The van der Waals surface area contributed by atoms with Crippen LogP contribution in [-0.2, 0) is 13.6 Å². The molecule has 0 N–H and O–H groups in total. The number of nitrogens with zero attached hydrogens (tertiary/aromatic N) is 5. The molecule has 0 amide bonds. The molecule has 1 unspecified atom stereocenters. The molecule has 4 rings (SSSR count). The summed E-state index contributed by atoms with van der Waals surface area (Å²) in [7, 11) is 1.82. The third kappa shape index (κ3) is 2.82. The first-order chi connectivity index (χ1) is 12.1. The molecule has 0 spiro atoms. The van der Waals surface area contributed by atoms with Crippen LogP contribution in [0.2, 0.25) is 0 Å². The van der Waals surface area contributed by atoms with Crippen LogP contribution in [-0.4, -0.2) is 31.0 Å². The Morgan fingerprint density at radius 2 is 2.00 bits per heavy atom. The molecule has 1 saturated heterocycles. The van der Waals surface area contributed by atoms with E-state index in [-0.39, 0.29) is 11.6 Å². The average Bonchev–Trinajstić information content (AvgIpc) is 3.08. The smallest absolute Gasteiger partial charge is 0.261 e. The summed E-state index contributed by atoms with van der Waals surface area (Å²) < 4.78 is 1.70. The zero-order valence-corrected chi connectivity index (χ0v) is 14.5. The van der Waals surface area contributed by atoms with Crippen molar-refractivity contribution in [1.29, 1.82) is 0 Å². The molecule has 0 saturated carbocycles. The van der Waals surface area contributed by atoms with E-state index < -0.39 is 0 Å². The fourth-order valence-electron chi connectivity index (χ4n) is 3.62. The monoisotopic (exact) mass is 335 g/mol. The number of aryl methyl sites for hydroxylation is 1. The molecule has 2 aromatic heterocycles. The van der Waals surface area contributed by atoms with Gasteiger partial charge in [0, 0.05) is 26.0 Å². The Kier molecular flexibility index (Phi) is 4.05. The van der Waals surface area contributed by atoms with Crippen LogP contribution < -0.4 is 5.56 Å². The minimum absolute atomic E-state index is 0.0168. The average molecular weight is 335 g/mol. The second kappa shape index (κ2) is 6.37. The molecule has 6 nitrogen and oxygen atoms in total. The van der Waals surface area contributed by atoms with Gasteiger partial charge in [-0.1, -0.05) is 12.1 Å². The first kappa shape index (κ1) is 15.9. The van der Waals surface area contributed by atoms with Gasteiger partial charge in [-0.2, -0.15) is 0 Å². The van der Waals surface area contributed by atoms with Gasteiger partial charge >= 0.3 is 0 Å². The standard InChI is InChI=1S/C19H21N5O/c1-13-16(21-10-9-20-13)12-24-11-5-8-17(24)18-22-15-7-4-3-6-14(15)19(25)23(18)2/h3-4,6-7,9-10,17H,5,8,11-12H2,1-2H3. The number of hydrogen-bond donors (Lipinski definition) is 0. The lowest BCUT2D eigenvalue weighted by Gasteiger charge is -2.25. The Hall–Kier alpha value is -2.60. The molecule has 6 heteroatoms. The third-order valence-corrected chi connectivity index (χ3v) is 5.02. The van der Waals surface area contributed by atoms with Crippen LogP contribution in [0.1, 0.15) is 36.1 Å². The van der Waals surface area contributed by atoms with Gasteiger partial charge in [0.1, 0.15) is 5.82 Å². The molecule has 25 heavy (non-hydrogen) atoms. The van der Waals surface area contributed by atoms with Crippen molar-refractivity contribution in [2.45, 2.75) is 32.4 Å². The van der Waals surface area contributed by atoms with E-state index in [1.807, 2.05) is 38.2 Å². The van der Waals surface area contributed by atoms with E-state index >= 15 is 0 Å². The summed E-state index contributed by atoms with van der Waals surface area (Å²) in [5, 5.41) is 0.670. The highest BCUT2D eigenvalue weighted by atomic mass is 16.1. The second-order valence-electron chi connectivity index (χ2n) is 6.57. The molecule has 1 atom stereocenters. The van der Waals surface area contributed by atoms with Crippen molar-refractivity contribution < 1.29 is 0 Å². The highest BCUT2D eigenvalue weighted by Gasteiger charge is 2.30. The van der Waals surface area contributed by atoms with Gasteiger partial charge < -0.3 is 0 Å². The number of likely N-dealkylation sites (tertiary alicyclic amines) is 1. The van der Waals surface area contributed by atoms with Crippen LogP contribution >= 0.6 is 0 Å². The minimum Gasteiger partial charge on any atom is -0.298 e. The third-order valence-electron chi connectivity index (χ3n) is 5.02. The fraction of sp³-hybridized carbons (Fsp3) is 0.368. The molecular weight excluding hydrogens is 314 g/mol. The van der Waals surface area contributed by atoms with E-state index in [1.54, 1.807) is 17.0 Å². The van der Waals surface area contributed by atoms with Gasteiger partial charge in [-0.15, -0.1) is 0 Å². The normalized spacial score (nSPS) is 18.1. The van der Waals surface area contributed by atoms with Crippen molar-refractivity contribution in [2.24, 2.45) is 7.05 Å². The number of rotatable bonds is 3. The molecule has 0 bridgehead atoms. The van der Waals surface area contributed by atoms with Gasteiger partial charge in [0.2, 0.25) is 0 Å². The van der Waals surface area contributed by atoms with E-state index in [0.717, 1.165) is 48.7 Å². The topological polar surface area (TPSA) is 63.9 Å². The van der Waals surface area contributed by atoms with Crippen molar-refractivity contribution in [3.63, 3.8) is 0 Å². The van der Waals surface area contributed by atoms with Crippen LogP contribution in [0.5, 0.6) is 0 Å². The summed E-state index contributed by atoms with van der Waals surface area (Å²) >= 11 is 0. The minimum atomic E-state index is 0.0168. The Morgan fingerprint density at radius 3 is 2.84 bits per heavy atom. The van der Waals surface area contributed by atoms with Crippen LogP contribution in [0, 0.1) is 6.92 Å². The molecule has 1 aromatic carbocycles. The highest BCUT2D eigenvalue weighted by molar-refractivity contribution is 5.77. The number of fused-ring (bicyclic) bond motifs is 1. The summed E-state index contributed by atoms with van der Waals surface area (Å²) in [6.07, 6.45) is 5.54. The molecule has 3 aromatic rings. The highest BCUT2D eigenvalue weighted by Crippen LogP contribution is 2.32. The van der Waals surface area contributed by atoms with E-state index in [1.165, 1.54) is 0 Å².